The van der Waals surface area contributed by atoms with Gasteiger partial charge in [-0.1, -0.05) is 55.8 Å². The Labute approximate surface area is 113 Å². The summed E-state index contributed by atoms with van der Waals surface area (Å²) in [6.07, 6.45) is 6.00. The maximum Gasteiger partial charge on any atom is 0.0682 e. The van der Waals surface area contributed by atoms with Crippen molar-refractivity contribution in [2.75, 3.05) is 0 Å². The van der Waals surface area contributed by atoms with Gasteiger partial charge >= 0.3 is 0 Å². The first-order valence-electron chi connectivity index (χ1n) is 6.91. The first kappa shape index (κ1) is 12.3. The molecule has 1 N–H and O–H groups in total. The van der Waals surface area contributed by atoms with E-state index in [0.717, 1.165) is 4.91 Å². The Hall–Kier alpha value is -0.730. The Bertz CT molecular complexity index is 448. The van der Waals surface area contributed by atoms with E-state index in [9.17, 15) is 5.11 Å². The minimum absolute atomic E-state index is 0.147. The van der Waals surface area contributed by atoms with Crippen molar-refractivity contribution >= 4 is 11.8 Å². The molecule has 18 heavy (non-hydrogen) atoms. The van der Waals surface area contributed by atoms with Gasteiger partial charge < -0.3 is 5.11 Å². The molecule has 2 heteroatoms. The predicted molar refractivity (Wildman–Crippen MR) is 76.8 cm³/mol. The number of hydrogen-bond acceptors (Lipinski definition) is 2. The van der Waals surface area contributed by atoms with Crippen LogP contribution in [-0.2, 0) is 0 Å². The summed E-state index contributed by atoms with van der Waals surface area (Å²) in [6.45, 7) is 4.17. The van der Waals surface area contributed by atoms with Crippen molar-refractivity contribution in [2.24, 2.45) is 5.92 Å². The Balaban J connectivity index is 1.85. The molecule has 0 amide bonds. The highest BCUT2D eigenvalue weighted by Crippen LogP contribution is 2.51. The van der Waals surface area contributed by atoms with Crippen LogP contribution in [0.15, 0.2) is 40.6 Å². The molecule has 1 nitrogen and oxygen atoms in total. The van der Waals surface area contributed by atoms with Gasteiger partial charge in [-0.25, -0.2) is 0 Å². The number of hydrogen-bond donors (Lipinski definition) is 1. The molecular formula is C16H20OS. The summed E-state index contributed by atoms with van der Waals surface area (Å²) < 4.78 is 0. The molecule has 2 aliphatic rings. The third-order valence-electron chi connectivity index (χ3n) is 4.32. The third kappa shape index (κ3) is 2.12. The number of rotatable bonds is 2. The SMILES string of the molecule is C=C1Sc2ccccc2[C@H]1[C@H](O)C1CCCCC1. The Morgan fingerprint density at radius 1 is 1.17 bits per heavy atom. The van der Waals surface area contributed by atoms with E-state index in [2.05, 4.69) is 30.8 Å². The van der Waals surface area contributed by atoms with Gasteiger partial charge in [-0.2, -0.15) is 0 Å². The monoisotopic (exact) mass is 260 g/mol. The Morgan fingerprint density at radius 2 is 1.89 bits per heavy atom. The van der Waals surface area contributed by atoms with Crippen LogP contribution >= 0.6 is 11.8 Å². The largest absolute Gasteiger partial charge is 0.392 e. The number of fused-ring (bicyclic) bond motifs is 1. The summed E-state index contributed by atoms with van der Waals surface area (Å²) in [6, 6.07) is 8.42. The standard InChI is InChI=1S/C16H20OS/c1-11-15(13-9-5-6-10-14(13)18-11)16(17)12-7-3-2-4-8-12/h5-6,9-10,12,15-17H,1-4,7-8H2/t15-,16+/m0/s1. The van der Waals surface area contributed by atoms with Gasteiger partial charge in [-0.3, -0.25) is 0 Å². The van der Waals surface area contributed by atoms with Crippen molar-refractivity contribution in [3.8, 4) is 0 Å². The molecule has 0 spiro atoms. The second-order valence-electron chi connectivity index (χ2n) is 5.47. The molecule has 0 aromatic heterocycles. The molecule has 1 aromatic carbocycles. The summed E-state index contributed by atoms with van der Waals surface area (Å²) >= 11 is 1.74. The Morgan fingerprint density at radius 3 is 2.67 bits per heavy atom. The normalized spacial score (nSPS) is 26.1. The van der Waals surface area contributed by atoms with Gasteiger partial charge in [0.1, 0.15) is 0 Å². The summed E-state index contributed by atoms with van der Waals surface area (Å²) in [5.74, 6) is 0.613. The summed E-state index contributed by atoms with van der Waals surface area (Å²) in [4.78, 5) is 2.40. The van der Waals surface area contributed by atoms with E-state index < -0.39 is 0 Å². The van der Waals surface area contributed by atoms with Crippen molar-refractivity contribution in [1.82, 2.24) is 0 Å². The van der Waals surface area contributed by atoms with Gasteiger partial charge in [-0.05, 0) is 35.3 Å². The zero-order valence-electron chi connectivity index (χ0n) is 10.6. The lowest BCUT2D eigenvalue weighted by Crippen LogP contribution is -2.28. The second kappa shape index (κ2) is 5.10. The molecule has 96 valence electrons. The molecule has 2 atom stereocenters. The molecule has 0 radical (unpaired) electrons. The minimum Gasteiger partial charge on any atom is -0.392 e. The molecule has 1 aliphatic heterocycles. The first-order valence-corrected chi connectivity index (χ1v) is 7.72. The van der Waals surface area contributed by atoms with Crippen LogP contribution in [0.5, 0.6) is 0 Å². The molecule has 0 unspecified atom stereocenters. The van der Waals surface area contributed by atoms with Crippen molar-refractivity contribution in [1.29, 1.82) is 0 Å². The lowest BCUT2D eigenvalue weighted by atomic mass is 9.78. The molecular weight excluding hydrogens is 240 g/mol. The quantitative estimate of drug-likeness (QED) is 0.854. The van der Waals surface area contributed by atoms with E-state index in [0.29, 0.717) is 5.92 Å². The van der Waals surface area contributed by atoms with Gasteiger partial charge in [0.2, 0.25) is 0 Å². The molecule has 1 aliphatic carbocycles. The fourth-order valence-corrected chi connectivity index (χ4v) is 4.47. The molecule has 1 saturated carbocycles. The molecule has 0 bridgehead atoms. The van der Waals surface area contributed by atoms with Crippen LogP contribution < -0.4 is 0 Å². The van der Waals surface area contributed by atoms with Crippen molar-refractivity contribution < 1.29 is 5.11 Å². The average Bonchev–Trinajstić information content (AvgIpc) is 2.75. The van der Waals surface area contributed by atoms with Crippen LogP contribution in [0.2, 0.25) is 0 Å². The van der Waals surface area contributed by atoms with Crippen LogP contribution in [0.4, 0.5) is 0 Å². The highest BCUT2D eigenvalue weighted by atomic mass is 32.2. The lowest BCUT2D eigenvalue weighted by molar-refractivity contribution is 0.0719. The number of thioether (sulfide) groups is 1. The summed E-state index contributed by atoms with van der Waals surface area (Å²) in [5, 5.41) is 10.7. The first-order chi connectivity index (χ1) is 8.77. The fourth-order valence-electron chi connectivity index (χ4n) is 3.33. The predicted octanol–water partition coefficient (Wildman–Crippen LogP) is 4.33. The van der Waals surface area contributed by atoms with E-state index >= 15 is 0 Å². The maximum absolute atomic E-state index is 10.7. The molecule has 1 fully saturated rings. The van der Waals surface area contributed by atoms with E-state index in [1.807, 2.05) is 0 Å². The number of aliphatic hydroxyl groups excluding tert-OH is 1. The van der Waals surface area contributed by atoms with E-state index in [1.54, 1.807) is 11.8 Å². The third-order valence-corrected chi connectivity index (χ3v) is 5.42. The summed E-state index contributed by atoms with van der Waals surface area (Å²) in [7, 11) is 0. The van der Waals surface area contributed by atoms with Crippen molar-refractivity contribution in [2.45, 2.75) is 49.0 Å². The highest BCUT2D eigenvalue weighted by molar-refractivity contribution is 8.03. The van der Waals surface area contributed by atoms with E-state index in [1.165, 1.54) is 42.6 Å². The highest BCUT2D eigenvalue weighted by Gasteiger charge is 2.36. The van der Waals surface area contributed by atoms with Gasteiger partial charge in [0.25, 0.3) is 0 Å². The maximum atomic E-state index is 10.7. The number of aliphatic hydroxyl groups is 1. The van der Waals surface area contributed by atoms with E-state index in [4.69, 9.17) is 0 Å². The van der Waals surface area contributed by atoms with Crippen LogP contribution in [0.1, 0.15) is 43.6 Å². The van der Waals surface area contributed by atoms with Crippen molar-refractivity contribution in [3.05, 3.63) is 41.3 Å². The summed E-state index contributed by atoms with van der Waals surface area (Å²) in [5.41, 5.74) is 1.28. The molecule has 1 aromatic rings. The van der Waals surface area contributed by atoms with Gasteiger partial charge in [0.15, 0.2) is 0 Å². The van der Waals surface area contributed by atoms with E-state index in [-0.39, 0.29) is 12.0 Å². The zero-order chi connectivity index (χ0) is 12.5. The minimum atomic E-state index is -0.242. The lowest BCUT2D eigenvalue weighted by Gasteiger charge is -2.31. The van der Waals surface area contributed by atoms with Gasteiger partial charge in [0, 0.05) is 10.8 Å². The fraction of sp³-hybridized carbons (Fsp3) is 0.500. The zero-order valence-corrected chi connectivity index (χ0v) is 11.5. The van der Waals surface area contributed by atoms with Gasteiger partial charge in [0.05, 0.1) is 6.10 Å². The second-order valence-corrected chi connectivity index (χ2v) is 6.64. The number of benzene rings is 1. The molecule has 3 rings (SSSR count). The molecule has 0 saturated heterocycles. The Kier molecular flexibility index (Phi) is 3.49. The topological polar surface area (TPSA) is 20.2 Å². The smallest absolute Gasteiger partial charge is 0.0682 e. The molecule has 1 heterocycles. The van der Waals surface area contributed by atoms with Gasteiger partial charge in [-0.15, -0.1) is 0 Å². The van der Waals surface area contributed by atoms with Crippen LogP contribution in [0.25, 0.3) is 0 Å². The van der Waals surface area contributed by atoms with Crippen LogP contribution in [0.3, 0.4) is 0 Å². The average molecular weight is 260 g/mol. The van der Waals surface area contributed by atoms with Crippen LogP contribution in [0, 0.1) is 5.92 Å². The van der Waals surface area contributed by atoms with Crippen molar-refractivity contribution in [3.63, 3.8) is 0 Å². The van der Waals surface area contributed by atoms with Crippen LogP contribution in [-0.4, -0.2) is 11.2 Å².